The molecule has 0 saturated carbocycles. The van der Waals surface area contributed by atoms with Crippen LogP contribution in [0.5, 0.6) is 5.75 Å². The van der Waals surface area contributed by atoms with E-state index >= 15 is 0 Å². The highest BCUT2D eigenvalue weighted by Crippen LogP contribution is 2.29. The maximum Gasteiger partial charge on any atom is 0.273 e. The van der Waals surface area contributed by atoms with Crippen LogP contribution in [0.3, 0.4) is 0 Å². The van der Waals surface area contributed by atoms with Gasteiger partial charge in [-0.15, -0.1) is 0 Å². The first-order valence-corrected chi connectivity index (χ1v) is 12.1. The molecule has 4 rings (SSSR count). The fourth-order valence-corrected chi connectivity index (χ4v) is 4.87. The van der Waals surface area contributed by atoms with E-state index in [1.165, 1.54) is 22.2 Å². The molecule has 1 aliphatic heterocycles. The van der Waals surface area contributed by atoms with E-state index in [4.69, 9.17) is 4.74 Å². The smallest absolute Gasteiger partial charge is 0.273 e. The third kappa shape index (κ3) is 5.36. The Kier molecular flexibility index (Phi) is 7.41. The van der Waals surface area contributed by atoms with Crippen LogP contribution < -0.4 is 25.8 Å². The molecule has 1 aromatic carbocycles. The molecule has 0 aliphatic carbocycles. The largest absolute Gasteiger partial charge is 0.497 e. The lowest BCUT2D eigenvalue weighted by atomic mass is 9.97. The van der Waals surface area contributed by atoms with Crippen molar-refractivity contribution in [1.82, 2.24) is 19.9 Å². The maximum absolute atomic E-state index is 13.0. The minimum Gasteiger partial charge on any atom is -0.497 e. The molecule has 3 aromatic rings. The predicted molar refractivity (Wildman–Crippen MR) is 132 cm³/mol. The van der Waals surface area contributed by atoms with Gasteiger partial charge >= 0.3 is 0 Å². The number of piperidine rings is 1. The van der Waals surface area contributed by atoms with Gasteiger partial charge in [0.2, 0.25) is 11.8 Å². The second-order valence-corrected chi connectivity index (χ2v) is 9.16. The van der Waals surface area contributed by atoms with E-state index in [-0.39, 0.29) is 29.8 Å². The van der Waals surface area contributed by atoms with E-state index in [0.717, 1.165) is 25.8 Å². The van der Waals surface area contributed by atoms with Gasteiger partial charge in [0.15, 0.2) is 10.8 Å². The standard InChI is InChI=1S/C23H28N6O4S/c1-3-10-24-21(31)15-5-4-11-28(12-15)23-27-20-19(34-23)22(32)29(14-25-20)13-18(30)26-16-6-8-17(33-2)9-7-16/h6-9,14-15H,3-5,10-13H2,1-2H3,(H,24,31)(H,26,30)/t15-/m0/s1. The third-order valence-corrected chi connectivity index (χ3v) is 6.77. The van der Waals surface area contributed by atoms with Crippen LogP contribution in [-0.4, -0.2) is 53.1 Å². The number of ether oxygens (including phenoxy) is 1. The number of anilines is 2. The van der Waals surface area contributed by atoms with Crippen LogP contribution in [0.1, 0.15) is 26.2 Å². The molecule has 2 aromatic heterocycles. The van der Waals surface area contributed by atoms with Crippen molar-refractivity contribution in [2.45, 2.75) is 32.7 Å². The fraction of sp³-hybridized carbons (Fsp3) is 0.435. The van der Waals surface area contributed by atoms with Gasteiger partial charge in [0.25, 0.3) is 5.56 Å². The lowest BCUT2D eigenvalue weighted by Crippen LogP contribution is -2.43. The van der Waals surface area contributed by atoms with Gasteiger partial charge in [-0.1, -0.05) is 18.3 Å². The fourth-order valence-electron chi connectivity index (χ4n) is 3.87. The molecule has 1 fully saturated rings. The second kappa shape index (κ2) is 10.6. The lowest BCUT2D eigenvalue weighted by Gasteiger charge is -2.31. The van der Waals surface area contributed by atoms with Crippen molar-refractivity contribution in [1.29, 1.82) is 0 Å². The summed E-state index contributed by atoms with van der Waals surface area (Å²) in [5, 5.41) is 6.40. The topological polar surface area (TPSA) is 118 Å². The number of hydrogen-bond donors (Lipinski definition) is 2. The molecular weight excluding hydrogens is 456 g/mol. The minimum atomic E-state index is -0.338. The van der Waals surface area contributed by atoms with Gasteiger partial charge < -0.3 is 20.3 Å². The summed E-state index contributed by atoms with van der Waals surface area (Å²) in [5.74, 6) is 0.316. The molecule has 0 unspecified atom stereocenters. The quantitative estimate of drug-likeness (QED) is 0.503. The van der Waals surface area contributed by atoms with Crippen molar-refractivity contribution in [3.63, 3.8) is 0 Å². The highest BCUT2D eigenvalue weighted by atomic mass is 32.1. The highest BCUT2D eigenvalue weighted by Gasteiger charge is 2.27. The number of carbonyl (C=O) groups excluding carboxylic acids is 2. The molecule has 34 heavy (non-hydrogen) atoms. The summed E-state index contributed by atoms with van der Waals surface area (Å²) in [5.41, 5.74) is 0.651. The Morgan fingerprint density at radius 2 is 2.06 bits per heavy atom. The third-order valence-electron chi connectivity index (χ3n) is 5.67. The number of benzene rings is 1. The number of fused-ring (bicyclic) bond motifs is 1. The molecule has 2 N–H and O–H groups in total. The monoisotopic (exact) mass is 484 g/mol. The Morgan fingerprint density at radius 3 is 2.79 bits per heavy atom. The summed E-state index contributed by atoms with van der Waals surface area (Å²) in [7, 11) is 1.57. The zero-order chi connectivity index (χ0) is 24.1. The van der Waals surface area contributed by atoms with Gasteiger partial charge in [0.1, 0.15) is 23.3 Å². The average Bonchev–Trinajstić information content (AvgIpc) is 3.30. The molecule has 3 heterocycles. The molecule has 10 nitrogen and oxygen atoms in total. The van der Waals surface area contributed by atoms with Gasteiger partial charge in [0.05, 0.1) is 13.0 Å². The summed E-state index contributed by atoms with van der Waals surface area (Å²) in [6.45, 7) is 3.87. The van der Waals surface area contributed by atoms with E-state index in [1.807, 2.05) is 11.8 Å². The SMILES string of the molecule is CCCNC(=O)[C@H]1CCCN(c2nc3ncn(CC(=O)Nc4ccc(OC)cc4)c(=O)c3s2)C1. The van der Waals surface area contributed by atoms with Gasteiger partial charge in [0, 0.05) is 25.3 Å². The van der Waals surface area contributed by atoms with Crippen molar-refractivity contribution in [2.24, 2.45) is 5.92 Å². The van der Waals surface area contributed by atoms with Crippen molar-refractivity contribution in [2.75, 3.05) is 37.0 Å². The zero-order valence-corrected chi connectivity index (χ0v) is 20.1. The van der Waals surface area contributed by atoms with Gasteiger partial charge in [-0.05, 0) is 43.5 Å². The number of thiazole rings is 1. The summed E-state index contributed by atoms with van der Waals surface area (Å²) >= 11 is 1.25. The Hall–Kier alpha value is -3.47. The number of nitrogens with zero attached hydrogens (tertiary/aromatic N) is 4. The van der Waals surface area contributed by atoms with Crippen LogP contribution in [0.4, 0.5) is 10.8 Å². The molecule has 0 bridgehead atoms. The number of aromatic nitrogens is 3. The summed E-state index contributed by atoms with van der Waals surface area (Å²) < 4.78 is 6.78. The molecule has 180 valence electrons. The van der Waals surface area contributed by atoms with Crippen molar-refractivity contribution < 1.29 is 14.3 Å². The van der Waals surface area contributed by atoms with Crippen LogP contribution in [-0.2, 0) is 16.1 Å². The predicted octanol–water partition coefficient (Wildman–Crippen LogP) is 2.24. The van der Waals surface area contributed by atoms with Crippen LogP contribution in [0, 0.1) is 5.92 Å². The molecule has 2 amide bonds. The molecule has 0 radical (unpaired) electrons. The van der Waals surface area contributed by atoms with E-state index in [0.29, 0.717) is 40.0 Å². The number of carbonyl (C=O) groups is 2. The van der Waals surface area contributed by atoms with E-state index in [2.05, 4.69) is 20.6 Å². The zero-order valence-electron chi connectivity index (χ0n) is 19.2. The first kappa shape index (κ1) is 23.7. The van der Waals surface area contributed by atoms with Gasteiger partial charge in [-0.2, -0.15) is 4.98 Å². The first-order chi connectivity index (χ1) is 16.5. The van der Waals surface area contributed by atoms with Crippen LogP contribution >= 0.6 is 11.3 Å². The molecule has 1 aliphatic rings. The molecule has 11 heteroatoms. The highest BCUT2D eigenvalue weighted by molar-refractivity contribution is 7.22. The normalized spacial score (nSPS) is 15.8. The van der Waals surface area contributed by atoms with Gasteiger partial charge in [-0.25, -0.2) is 4.98 Å². The number of methoxy groups -OCH3 is 1. The maximum atomic E-state index is 13.0. The number of rotatable bonds is 8. The number of nitrogens with one attached hydrogen (secondary N) is 2. The molecule has 1 saturated heterocycles. The summed E-state index contributed by atoms with van der Waals surface area (Å²) in [4.78, 5) is 48.7. The van der Waals surface area contributed by atoms with Crippen molar-refractivity contribution in [3.05, 3.63) is 40.9 Å². The number of amides is 2. The minimum absolute atomic E-state index is 0.0658. The van der Waals surface area contributed by atoms with Gasteiger partial charge in [-0.3, -0.25) is 19.0 Å². The Labute approximate surface area is 201 Å². The van der Waals surface area contributed by atoms with E-state index in [9.17, 15) is 14.4 Å². The van der Waals surface area contributed by atoms with Crippen LogP contribution in [0.25, 0.3) is 10.3 Å². The Bertz CT molecular complexity index is 1220. The van der Waals surface area contributed by atoms with Crippen molar-refractivity contribution >= 4 is 44.3 Å². The molecule has 1 atom stereocenters. The van der Waals surface area contributed by atoms with Crippen molar-refractivity contribution in [3.8, 4) is 5.75 Å². The Morgan fingerprint density at radius 1 is 1.26 bits per heavy atom. The van der Waals surface area contributed by atoms with E-state index in [1.54, 1.807) is 31.4 Å². The van der Waals surface area contributed by atoms with E-state index < -0.39 is 0 Å². The first-order valence-electron chi connectivity index (χ1n) is 11.3. The molecular formula is C23H28N6O4S. The summed E-state index contributed by atoms with van der Waals surface area (Å²) in [6, 6.07) is 6.94. The average molecular weight is 485 g/mol. The summed E-state index contributed by atoms with van der Waals surface area (Å²) in [6.07, 6.45) is 3.96. The lowest BCUT2D eigenvalue weighted by molar-refractivity contribution is -0.125. The molecule has 0 spiro atoms. The van der Waals surface area contributed by atoms with Crippen LogP contribution in [0.2, 0.25) is 0 Å². The second-order valence-electron chi connectivity index (χ2n) is 8.18. The number of hydrogen-bond acceptors (Lipinski definition) is 8. The van der Waals surface area contributed by atoms with Crippen LogP contribution in [0.15, 0.2) is 35.4 Å². The Balaban J connectivity index is 1.46.